The van der Waals surface area contributed by atoms with Crippen LogP contribution in [0.3, 0.4) is 0 Å². The van der Waals surface area contributed by atoms with Crippen LogP contribution in [0.1, 0.15) is 32.5 Å². The number of guanidine groups is 1. The molecule has 2 rings (SSSR count). The van der Waals surface area contributed by atoms with Crippen LogP contribution in [0.4, 0.5) is 0 Å². The molecule has 0 unspecified atom stereocenters. The van der Waals surface area contributed by atoms with Gasteiger partial charge in [0.2, 0.25) is 0 Å². The van der Waals surface area contributed by atoms with Gasteiger partial charge in [0.25, 0.3) is 0 Å². The zero-order valence-electron chi connectivity index (χ0n) is 15.9. The van der Waals surface area contributed by atoms with E-state index in [1.807, 2.05) is 0 Å². The van der Waals surface area contributed by atoms with Crippen LogP contribution in [-0.4, -0.2) is 78.1 Å². The minimum absolute atomic E-state index is 0.738. The highest BCUT2D eigenvalue weighted by atomic mass is 16.5. The van der Waals surface area contributed by atoms with Crippen LogP contribution in [0.25, 0.3) is 0 Å². The molecule has 1 fully saturated rings. The van der Waals surface area contributed by atoms with Gasteiger partial charge in [0.1, 0.15) is 12.2 Å². The number of hydrogen-bond acceptors (Lipinski definition) is 5. The van der Waals surface area contributed by atoms with Crippen molar-refractivity contribution in [2.75, 3.05) is 46.4 Å². The summed E-state index contributed by atoms with van der Waals surface area (Å²) in [6.45, 7) is 10.2. The van der Waals surface area contributed by atoms with E-state index >= 15 is 0 Å². The maximum Gasteiger partial charge on any atom is 0.191 e. The first-order valence-electron chi connectivity index (χ1n) is 9.40. The van der Waals surface area contributed by atoms with Crippen LogP contribution >= 0.6 is 0 Å². The maximum absolute atomic E-state index is 5.21. The number of methoxy groups -OCH3 is 1. The van der Waals surface area contributed by atoms with Gasteiger partial charge in [0.05, 0.1) is 13.2 Å². The number of hydrogen-bond donors (Lipinski definition) is 2. The lowest BCUT2D eigenvalue weighted by molar-refractivity contribution is 0.145. The summed E-state index contributed by atoms with van der Waals surface area (Å²) < 4.78 is 7.29. The second-order valence-corrected chi connectivity index (χ2v) is 6.24. The van der Waals surface area contributed by atoms with E-state index in [9.17, 15) is 0 Å². The zero-order valence-corrected chi connectivity index (χ0v) is 15.9. The van der Waals surface area contributed by atoms with Crippen LogP contribution in [-0.2, 0) is 17.7 Å². The fourth-order valence-corrected chi connectivity index (χ4v) is 2.79. The monoisotopic (exact) mass is 351 g/mol. The van der Waals surface area contributed by atoms with Crippen molar-refractivity contribution in [2.45, 2.75) is 45.7 Å². The SMILES string of the molecule is CCNC(=NCCN(CCOC)C1CC1)NCCn1cnnc1CC. The van der Waals surface area contributed by atoms with E-state index in [0.717, 1.165) is 70.1 Å². The van der Waals surface area contributed by atoms with Gasteiger partial charge in [-0.1, -0.05) is 6.92 Å². The van der Waals surface area contributed by atoms with Crippen molar-refractivity contribution in [3.05, 3.63) is 12.2 Å². The van der Waals surface area contributed by atoms with Crippen LogP contribution in [0.2, 0.25) is 0 Å². The molecule has 0 aliphatic heterocycles. The molecular formula is C17H33N7O. The van der Waals surface area contributed by atoms with Gasteiger partial charge in [0.15, 0.2) is 5.96 Å². The van der Waals surface area contributed by atoms with Gasteiger partial charge in [0, 0.05) is 52.3 Å². The smallest absolute Gasteiger partial charge is 0.191 e. The molecule has 1 aliphatic carbocycles. The van der Waals surface area contributed by atoms with Gasteiger partial charge in [-0.15, -0.1) is 10.2 Å². The summed E-state index contributed by atoms with van der Waals surface area (Å²) in [6.07, 6.45) is 5.30. The van der Waals surface area contributed by atoms with Crippen molar-refractivity contribution in [1.29, 1.82) is 0 Å². The number of rotatable bonds is 12. The summed E-state index contributed by atoms with van der Waals surface area (Å²) in [5, 5.41) is 14.8. The number of aliphatic imine (C=N–C) groups is 1. The predicted molar refractivity (Wildman–Crippen MR) is 99.9 cm³/mol. The lowest BCUT2D eigenvalue weighted by Crippen LogP contribution is -2.40. The molecule has 8 heteroatoms. The van der Waals surface area contributed by atoms with Crippen LogP contribution in [0.5, 0.6) is 0 Å². The second-order valence-electron chi connectivity index (χ2n) is 6.24. The van der Waals surface area contributed by atoms with Gasteiger partial charge in [-0.2, -0.15) is 0 Å². The minimum atomic E-state index is 0.738. The molecule has 1 aromatic rings. The molecule has 1 aliphatic rings. The largest absolute Gasteiger partial charge is 0.383 e. The predicted octanol–water partition coefficient (Wildman–Crippen LogP) is 0.506. The van der Waals surface area contributed by atoms with Gasteiger partial charge in [-0.25, -0.2) is 0 Å². The minimum Gasteiger partial charge on any atom is -0.383 e. The molecule has 0 bridgehead atoms. The Kier molecular flexibility index (Phi) is 8.68. The highest BCUT2D eigenvalue weighted by molar-refractivity contribution is 5.79. The Morgan fingerprint density at radius 1 is 1.36 bits per heavy atom. The Labute approximate surface area is 151 Å². The van der Waals surface area contributed by atoms with Crippen molar-refractivity contribution in [2.24, 2.45) is 4.99 Å². The average Bonchev–Trinajstić information content (AvgIpc) is 3.36. The van der Waals surface area contributed by atoms with Crippen molar-refractivity contribution < 1.29 is 4.74 Å². The lowest BCUT2D eigenvalue weighted by Gasteiger charge is -2.20. The summed E-state index contributed by atoms with van der Waals surface area (Å²) in [5.41, 5.74) is 0. The fraction of sp³-hybridized carbons (Fsp3) is 0.824. The van der Waals surface area contributed by atoms with Crippen LogP contribution in [0.15, 0.2) is 11.3 Å². The van der Waals surface area contributed by atoms with Gasteiger partial charge < -0.3 is 19.9 Å². The van der Waals surface area contributed by atoms with Gasteiger partial charge >= 0.3 is 0 Å². The molecule has 0 aromatic carbocycles. The van der Waals surface area contributed by atoms with E-state index in [1.165, 1.54) is 12.8 Å². The molecule has 0 atom stereocenters. The summed E-state index contributed by atoms with van der Waals surface area (Å²) in [6, 6.07) is 0.738. The Bertz CT molecular complexity index is 513. The molecular weight excluding hydrogens is 318 g/mol. The standard InChI is InChI=1S/C17H33N7O/c1-4-16-22-21-14-24(16)11-9-20-17(18-5-2)19-8-10-23(12-13-25-3)15-6-7-15/h14-15H,4-13H2,1-3H3,(H2,18,19,20). The van der Waals surface area contributed by atoms with E-state index in [1.54, 1.807) is 13.4 Å². The first-order chi connectivity index (χ1) is 12.3. The quantitative estimate of drug-likeness (QED) is 0.422. The molecule has 1 saturated carbocycles. The first-order valence-corrected chi connectivity index (χ1v) is 9.40. The van der Waals surface area contributed by atoms with E-state index < -0.39 is 0 Å². The number of ether oxygens (including phenoxy) is 1. The first kappa shape index (κ1) is 19.7. The molecule has 0 radical (unpaired) electrons. The molecule has 0 saturated heterocycles. The molecule has 25 heavy (non-hydrogen) atoms. The Balaban J connectivity index is 1.75. The molecule has 1 heterocycles. The molecule has 2 N–H and O–H groups in total. The topological polar surface area (TPSA) is 79.6 Å². The maximum atomic E-state index is 5.21. The molecule has 142 valence electrons. The Hall–Kier alpha value is -1.67. The van der Waals surface area contributed by atoms with Crippen molar-refractivity contribution in [1.82, 2.24) is 30.3 Å². The van der Waals surface area contributed by atoms with E-state index in [4.69, 9.17) is 9.73 Å². The zero-order chi connectivity index (χ0) is 17.9. The van der Waals surface area contributed by atoms with Crippen LogP contribution in [0, 0.1) is 0 Å². The third kappa shape index (κ3) is 6.99. The van der Waals surface area contributed by atoms with Gasteiger partial charge in [-0.05, 0) is 19.8 Å². The summed E-state index contributed by atoms with van der Waals surface area (Å²) in [7, 11) is 1.76. The summed E-state index contributed by atoms with van der Waals surface area (Å²) in [5.74, 6) is 1.89. The van der Waals surface area contributed by atoms with Crippen molar-refractivity contribution >= 4 is 5.96 Å². The molecule has 8 nitrogen and oxygen atoms in total. The van der Waals surface area contributed by atoms with Crippen LogP contribution < -0.4 is 10.6 Å². The second kappa shape index (κ2) is 11.0. The van der Waals surface area contributed by atoms with E-state index in [-0.39, 0.29) is 0 Å². The average molecular weight is 351 g/mol. The third-order valence-corrected chi connectivity index (χ3v) is 4.30. The number of aromatic nitrogens is 3. The highest BCUT2D eigenvalue weighted by Crippen LogP contribution is 2.26. The lowest BCUT2D eigenvalue weighted by atomic mass is 10.4. The highest BCUT2D eigenvalue weighted by Gasteiger charge is 2.28. The fourth-order valence-electron chi connectivity index (χ4n) is 2.79. The summed E-state index contributed by atoms with van der Waals surface area (Å²) in [4.78, 5) is 7.19. The normalized spacial score (nSPS) is 15.0. The van der Waals surface area contributed by atoms with Crippen molar-refractivity contribution in [3.63, 3.8) is 0 Å². The number of aryl methyl sites for hydroxylation is 1. The summed E-state index contributed by atoms with van der Waals surface area (Å²) >= 11 is 0. The molecule has 1 aromatic heterocycles. The third-order valence-electron chi connectivity index (χ3n) is 4.30. The molecule has 0 spiro atoms. The number of nitrogens with one attached hydrogen (secondary N) is 2. The Morgan fingerprint density at radius 3 is 2.88 bits per heavy atom. The van der Waals surface area contributed by atoms with E-state index in [0.29, 0.717) is 0 Å². The molecule has 0 amide bonds. The number of nitrogens with zero attached hydrogens (tertiary/aromatic N) is 5. The Morgan fingerprint density at radius 2 is 2.20 bits per heavy atom. The van der Waals surface area contributed by atoms with Gasteiger partial charge in [-0.3, -0.25) is 9.89 Å². The van der Waals surface area contributed by atoms with Crippen molar-refractivity contribution in [3.8, 4) is 0 Å². The van der Waals surface area contributed by atoms with E-state index in [2.05, 4.69) is 44.1 Å².